The molecular weight excluding hydrogens is 1410 g/mol. The van der Waals surface area contributed by atoms with Crippen molar-refractivity contribution in [1.29, 1.82) is 0 Å². The van der Waals surface area contributed by atoms with Gasteiger partial charge in [0.1, 0.15) is 61.0 Å². The Morgan fingerprint density at radius 3 is 1.37 bits per heavy atom. The lowest BCUT2D eigenvalue weighted by Crippen LogP contribution is -2.59. The first kappa shape index (κ1) is 89.3. The summed E-state index contributed by atoms with van der Waals surface area (Å²) in [5.74, 6) is -9.97. The normalized spacial score (nSPS) is 25.2. The van der Waals surface area contributed by atoms with E-state index in [1.165, 1.54) is 52.6 Å². The molecule has 3 saturated heterocycles. The number of hydrogen-bond acceptors (Lipinski definition) is 15. The molecule has 0 spiro atoms. The smallest absolute Gasteiger partial charge is 0.246 e. The van der Waals surface area contributed by atoms with Crippen molar-refractivity contribution in [3.05, 3.63) is 108 Å². The molecule has 3 aliphatic rings. The van der Waals surface area contributed by atoms with Gasteiger partial charge in [0.15, 0.2) is 5.78 Å². The minimum atomic E-state index is -1.27. The molecule has 0 saturated carbocycles. The Kier molecular flexibility index (Phi) is 36.5. The number of unbranched alkanes of at least 4 members (excludes halogenated alkanes) is 2. The zero-order valence-electron chi connectivity index (χ0n) is 66.6. The van der Waals surface area contributed by atoms with Crippen LogP contribution in [0.25, 0.3) is 0 Å². The van der Waals surface area contributed by atoms with Crippen molar-refractivity contribution in [3.63, 3.8) is 0 Å². The number of fused-ring (bicyclic) bond motifs is 2. The monoisotopic (exact) mass is 1530 g/mol. The maximum atomic E-state index is 15.1. The Hall–Kier alpha value is -9.60. The zero-order valence-corrected chi connectivity index (χ0v) is 66.6. The topological polar surface area (TPSA) is 361 Å². The molecule has 0 aliphatic carbocycles. The average molecular weight is 1530 g/mol. The maximum Gasteiger partial charge on any atom is 0.246 e. The van der Waals surface area contributed by atoms with Crippen molar-refractivity contribution in [2.75, 3.05) is 67.1 Å². The van der Waals surface area contributed by atoms with Gasteiger partial charge in [-0.25, -0.2) is 0 Å². The number of nitrogens with one attached hydrogen (secondary N) is 8. The summed E-state index contributed by atoms with van der Waals surface area (Å²) in [6.45, 7) is 14.9. The number of carbonyl (C=O) groups excluding carboxylic acids is 14. The second-order valence-corrected chi connectivity index (χ2v) is 30.8. The number of likely N-dealkylation sites (N-methyl/N-ethyl adjacent to an activating group) is 3. The highest BCUT2D eigenvalue weighted by Gasteiger charge is 2.43. The van der Waals surface area contributed by atoms with Gasteiger partial charge in [0, 0.05) is 66.0 Å². The Bertz CT molecular complexity index is 3580. The van der Waals surface area contributed by atoms with Gasteiger partial charge in [-0.15, -0.1) is 0 Å². The largest absolute Gasteiger partial charge is 0.370 e. The molecule has 28 heteroatoms. The first-order chi connectivity index (χ1) is 52.4. The number of Topliss-reactive ketones (excluding diaryl/α,β-unsaturated/α-hetero) is 1. The van der Waals surface area contributed by atoms with Crippen molar-refractivity contribution < 1.29 is 71.9 Å². The van der Waals surface area contributed by atoms with Crippen LogP contribution in [0, 0.1) is 23.7 Å². The molecule has 0 unspecified atom stereocenters. The molecule has 3 fully saturated rings. The standard InChI is InChI=1S/C82H121N13O15/c1-13-15-34-66-77(104)89-60(42-52(3)4)75(102)83-38-41-110-51-72(99)88-63(46-57-30-22-18-23-31-57)78(105)91(10)55(9)73(100)90-62(44-54(7)8)81(108)95-40-27-37-67(95)76(103)85-50-71(98)86-61(43-53(5)6)80(107)94-39-26-36-65(94)69(96)48-59(45-56-28-20-17-21-29-56)74(101)84-49-70(97)87-64(47-58-32-24-19-25-33-58)79(106)93(12)68(35-16-14-2)82(109)92(66)11/h17-25,28-33,52-55,59-68H,13-16,26-27,34-51H2,1-12H3,(H,83,102)(H,84,101)(H,85,103)(H,86,98)(H,87,97)(H,88,99)(H,89,104)(H,90,100)/t55-,59+,60-,61-,62-,63-,64-,65-,66-,67-,68-/m0/s1. The van der Waals surface area contributed by atoms with Gasteiger partial charge in [0.25, 0.3) is 0 Å². The van der Waals surface area contributed by atoms with Gasteiger partial charge in [-0.05, 0) is 106 Å². The minimum absolute atomic E-state index is 0.0175. The zero-order chi connectivity index (χ0) is 80.7. The number of hydrogen-bond donors (Lipinski definition) is 8. The molecule has 0 aromatic heterocycles. The van der Waals surface area contributed by atoms with Crippen LogP contribution >= 0.6 is 0 Å². The number of rotatable bonds is 18. The summed E-state index contributed by atoms with van der Waals surface area (Å²) in [6.07, 6.45) is 4.34. The van der Waals surface area contributed by atoms with Crippen molar-refractivity contribution in [3.8, 4) is 0 Å². The van der Waals surface area contributed by atoms with Gasteiger partial charge < -0.3 is 71.8 Å². The lowest BCUT2D eigenvalue weighted by Gasteiger charge is -2.36. The van der Waals surface area contributed by atoms with Crippen LogP contribution in [0.3, 0.4) is 0 Å². The quantitative estimate of drug-likeness (QED) is 0.0889. The third kappa shape index (κ3) is 27.5. The molecule has 3 heterocycles. The van der Waals surface area contributed by atoms with Crippen LogP contribution in [-0.4, -0.2) is 235 Å². The number of nitrogens with zero attached hydrogens (tertiary/aromatic N) is 5. The summed E-state index contributed by atoms with van der Waals surface area (Å²) >= 11 is 0. The molecule has 6 rings (SSSR count). The summed E-state index contributed by atoms with van der Waals surface area (Å²) in [5.41, 5.74) is 2.08. The third-order valence-corrected chi connectivity index (χ3v) is 20.5. The second-order valence-electron chi connectivity index (χ2n) is 30.8. The highest BCUT2D eigenvalue weighted by molar-refractivity contribution is 6.00. The average Bonchev–Trinajstić information content (AvgIpc) is 1.70. The van der Waals surface area contributed by atoms with E-state index in [1.807, 2.05) is 55.4 Å². The van der Waals surface area contributed by atoms with E-state index >= 15 is 9.59 Å². The van der Waals surface area contributed by atoms with Crippen molar-refractivity contribution in [2.45, 2.75) is 232 Å². The fraction of sp³-hybridized carbons (Fsp3) is 0.610. The molecule has 3 aromatic carbocycles. The van der Waals surface area contributed by atoms with Gasteiger partial charge in [-0.1, -0.05) is 172 Å². The van der Waals surface area contributed by atoms with E-state index < -0.39 is 169 Å². The first-order valence-corrected chi connectivity index (χ1v) is 39.4. The second kappa shape index (κ2) is 44.9. The van der Waals surface area contributed by atoms with E-state index in [0.29, 0.717) is 49.7 Å². The third-order valence-electron chi connectivity index (χ3n) is 20.5. The SMILES string of the molecule is CCCC[C@H]1C(=O)N(C)[C@@H](CCCC)C(=O)N[C@@H](CC(C)C)C(=O)NCCOCC(=O)N[C@@H](Cc2ccccc2)C(=O)N(C)[C@@H](C)C(=O)N[C@@H](CC(C)C)C(=O)N2CCC[C@H]2C(=O)NCC(=O)N[C@@H](CC(C)C)C(=O)N2CCC[C@H]2C(=O)C[C@@H](Cc2ccccc2)C(=O)NCC(=O)N[C@@H](Cc2ccccc2)C(=O)N1C. The van der Waals surface area contributed by atoms with Crippen molar-refractivity contribution in [1.82, 2.24) is 67.0 Å². The lowest BCUT2D eigenvalue weighted by atomic mass is 9.90. The van der Waals surface area contributed by atoms with E-state index in [9.17, 15) is 57.5 Å². The van der Waals surface area contributed by atoms with Gasteiger partial charge >= 0.3 is 0 Å². The maximum absolute atomic E-state index is 15.1. The highest BCUT2D eigenvalue weighted by atomic mass is 16.5. The van der Waals surface area contributed by atoms with E-state index in [-0.39, 0.29) is 115 Å². The molecule has 8 N–H and O–H groups in total. The van der Waals surface area contributed by atoms with E-state index in [1.54, 1.807) is 91.0 Å². The predicted molar refractivity (Wildman–Crippen MR) is 415 cm³/mol. The summed E-state index contributed by atoms with van der Waals surface area (Å²) in [5, 5.41) is 22.3. The van der Waals surface area contributed by atoms with Crippen LogP contribution in [0.5, 0.6) is 0 Å². The summed E-state index contributed by atoms with van der Waals surface area (Å²) in [6, 6.07) is 15.6. The molecule has 28 nitrogen and oxygen atoms in total. The van der Waals surface area contributed by atoms with Crippen LogP contribution in [-0.2, 0) is 91.1 Å². The molecule has 110 heavy (non-hydrogen) atoms. The van der Waals surface area contributed by atoms with Gasteiger partial charge in [0.2, 0.25) is 76.8 Å². The Morgan fingerprint density at radius 1 is 0.427 bits per heavy atom. The van der Waals surface area contributed by atoms with E-state index in [4.69, 9.17) is 4.74 Å². The lowest BCUT2D eigenvalue weighted by molar-refractivity contribution is -0.149. The first-order valence-electron chi connectivity index (χ1n) is 39.4. The number of ether oxygens (including phenoxy) is 1. The molecule has 13 amide bonds. The Morgan fingerprint density at radius 2 is 0.855 bits per heavy atom. The van der Waals surface area contributed by atoms with Crippen molar-refractivity contribution >= 4 is 82.6 Å². The van der Waals surface area contributed by atoms with E-state index in [0.717, 1.165) is 5.56 Å². The van der Waals surface area contributed by atoms with Gasteiger partial charge in [-0.2, -0.15) is 0 Å². The van der Waals surface area contributed by atoms with Crippen LogP contribution in [0.1, 0.15) is 169 Å². The predicted octanol–water partition coefficient (Wildman–Crippen LogP) is 4.09. The molecule has 0 bridgehead atoms. The van der Waals surface area contributed by atoms with Gasteiger partial charge in [-0.3, -0.25) is 67.1 Å². The minimum Gasteiger partial charge on any atom is -0.370 e. The number of ketones is 1. The van der Waals surface area contributed by atoms with Crippen LogP contribution < -0.4 is 42.5 Å². The van der Waals surface area contributed by atoms with Crippen LogP contribution in [0.15, 0.2) is 91.0 Å². The summed E-state index contributed by atoms with van der Waals surface area (Å²) < 4.78 is 5.73. The molecule has 0 radical (unpaired) electrons. The number of carbonyl (C=O) groups is 14. The molecule has 604 valence electrons. The molecule has 11 atom stereocenters. The fourth-order valence-electron chi connectivity index (χ4n) is 14.4. The van der Waals surface area contributed by atoms with Crippen LogP contribution in [0.4, 0.5) is 0 Å². The van der Waals surface area contributed by atoms with Gasteiger partial charge in [0.05, 0.1) is 25.7 Å². The fourth-order valence-corrected chi connectivity index (χ4v) is 14.4. The molecule has 3 aliphatic heterocycles. The number of benzene rings is 3. The van der Waals surface area contributed by atoms with Crippen molar-refractivity contribution in [2.24, 2.45) is 23.7 Å². The molecule has 3 aromatic rings. The Balaban J connectivity index is 1.31. The summed E-state index contributed by atoms with van der Waals surface area (Å²) in [4.78, 5) is 209. The Labute approximate surface area is 648 Å². The highest BCUT2D eigenvalue weighted by Crippen LogP contribution is 2.27. The van der Waals surface area contributed by atoms with Crippen LogP contribution in [0.2, 0.25) is 0 Å². The summed E-state index contributed by atoms with van der Waals surface area (Å²) in [7, 11) is 4.37. The molecular formula is C82H121N13O15. The van der Waals surface area contributed by atoms with E-state index in [2.05, 4.69) is 42.5 Å². The number of amides is 13.